The number of halogens is 2. The van der Waals surface area contributed by atoms with Gasteiger partial charge in [-0.1, -0.05) is 0 Å². The summed E-state index contributed by atoms with van der Waals surface area (Å²) in [6.07, 6.45) is 0. The Balaban J connectivity index is 2.26. The van der Waals surface area contributed by atoms with Crippen LogP contribution >= 0.6 is 0 Å². The molecule has 0 heterocycles. The van der Waals surface area contributed by atoms with Crippen LogP contribution < -0.4 is 5.32 Å². The molecule has 0 aliphatic rings. The van der Waals surface area contributed by atoms with Gasteiger partial charge >= 0.3 is 0 Å². The van der Waals surface area contributed by atoms with Gasteiger partial charge in [0, 0.05) is 12.1 Å². The minimum absolute atomic E-state index is 0.390. The Morgan fingerprint density at radius 1 is 0.913 bits per heavy atom. The zero-order valence-electron chi connectivity index (χ0n) is 11.2. The van der Waals surface area contributed by atoms with E-state index in [4.69, 9.17) is 0 Å². The first-order valence-electron chi connectivity index (χ1n) is 5.99. The third-order valence-electron chi connectivity index (χ3n) is 2.82. The zero-order chi connectivity index (χ0) is 17.1. The summed E-state index contributed by atoms with van der Waals surface area (Å²) in [5, 5.41) is 23.0. The Hall–Kier alpha value is -3.43. The number of nitro groups is 2. The molecule has 118 valence electrons. The molecule has 0 spiro atoms. The molecule has 1 N–H and O–H groups in total. The van der Waals surface area contributed by atoms with Crippen molar-refractivity contribution in [2.24, 2.45) is 0 Å². The zero-order valence-corrected chi connectivity index (χ0v) is 11.2. The molecule has 0 aliphatic heterocycles. The number of hydrogen-bond donors (Lipinski definition) is 1. The summed E-state index contributed by atoms with van der Waals surface area (Å²) in [4.78, 5) is 31.2. The molecule has 0 aliphatic carbocycles. The van der Waals surface area contributed by atoms with Gasteiger partial charge in [0.25, 0.3) is 17.3 Å². The molecule has 2 aromatic rings. The van der Waals surface area contributed by atoms with E-state index in [1.807, 2.05) is 5.32 Å². The second-order valence-corrected chi connectivity index (χ2v) is 4.30. The van der Waals surface area contributed by atoms with Crippen LogP contribution in [-0.2, 0) is 0 Å². The third-order valence-corrected chi connectivity index (χ3v) is 2.82. The molecule has 0 unspecified atom stereocenters. The fraction of sp³-hybridized carbons (Fsp3) is 0. The molecule has 10 heteroatoms. The molecule has 1 amide bonds. The normalized spacial score (nSPS) is 10.2. The molecule has 2 aromatic carbocycles. The van der Waals surface area contributed by atoms with Gasteiger partial charge in [-0.2, -0.15) is 0 Å². The number of rotatable bonds is 4. The fourth-order valence-corrected chi connectivity index (χ4v) is 1.71. The summed E-state index contributed by atoms with van der Waals surface area (Å²) < 4.78 is 27.3. The highest BCUT2D eigenvalue weighted by Crippen LogP contribution is 2.22. The first kappa shape index (κ1) is 15.9. The standard InChI is InChI=1S/C13H7F2N3O5/c14-10-5-7(17(20)21)1-3-9(10)13(19)16-12-4-2-8(18(22)23)6-11(12)15/h1-6H,(H,16,19). The molecule has 8 nitrogen and oxygen atoms in total. The van der Waals surface area contributed by atoms with E-state index in [0.717, 1.165) is 24.3 Å². The maximum Gasteiger partial charge on any atom is 0.272 e. The molecule has 0 saturated heterocycles. The van der Waals surface area contributed by atoms with Crippen LogP contribution in [0.1, 0.15) is 10.4 Å². The van der Waals surface area contributed by atoms with E-state index in [0.29, 0.717) is 12.1 Å². The Morgan fingerprint density at radius 3 is 1.91 bits per heavy atom. The van der Waals surface area contributed by atoms with E-state index in [1.165, 1.54) is 0 Å². The topological polar surface area (TPSA) is 115 Å². The van der Waals surface area contributed by atoms with Crippen molar-refractivity contribution in [3.63, 3.8) is 0 Å². The van der Waals surface area contributed by atoms with Crippen LogP contribution in [0.25, 0.3) is 0 Å². The lowest BCUT2D eigenvalue weighted by atomic mass is 10.1. The van der Waals surface area contributed by atoms with E-state index in [-0.39, 0.29) is 0 Å². The monoisotopic (exact) mass is 323 g/mol. The molecule has 0 radical (unpaired) electrons. The van der Waals surface area contributed by atoms with Crippen molar-refractivity contribution in [3.05, 3.63) is 73.8 Å². The van der Waals surface area contributed by atoms with Gasteiger partial charge in [0.2, 0.25) is 0 Å². The van der Waals surface area contributed by atoms with Gasteiger partial charge in [-0.05, 0) is 12.1 Å². The number of carbonyl (C=O) groups excluding carboxylic acids is 1. The van der Waals surface area contributed by atoms with Crippen LogP contribution in [0.5, 0.6) is 0 Å². The van der Waals surface area contributed by atoms with Gasteiger partial charge in [-0.15, -0.1) is 0 Å². The third kappa shape index (κ3) is 3.43. The minimum atomic E-state index is -1.15. The van der Waals surface area contributed by atoms with Crippen molar-refractivity contribution in [1.82, 2.24) is 0 Å². The maximum absolute atomic E-state index is 13.7. The van der Waals surface area contributed by atoms with Crippen molar-refractivity contribution in [3.8, 4) is 0 Å². The van der Waals surface area contributed by atoms with E-state index < -0.39 is 50.0 Å². The minimum Gasteiger partial charge on any atom is -0.319 e. The van der Waals surface area contributed by atoms with Crippen molar-refractivity contribution in [2.75, 3.05) is 5.32 Å². The van der Waals surface area contributed by atoms with Gasteiger partial charge in [0.1, 0.15) is 5.82 Å². The molecule has 0 saturated carbocycles. The number of benzene rings is 2. The number of carbonyl (C=O) groups is 1. The molecular formula is C13H7F2N3O5. The Labute approximate surface area is 126 Å². The first-order valence-corrected chi connectivity index (χ1v) is 5.99. The summed E-state index contributed by atoms with van der Waals surface area (Å²) in [7, 11) is 0. The highest BCUT2D eigenvalue weighted by molar-refractivity contribution is 6.04. The summed E-state index contributed by atoms with van der Waals surface area (Å²) >= 11 is 0. The SMILES string of the molecule is O=C(Nc1ccc([N+](=O)[O-])cc1F)c1ccc([N+](=O)[O-])cc1F. The highest BCUT2D eigenvalue weighted by atomic mass is 19.1. The van der Waals surface area contributed by atoms with Crippen molar-refractivity contribution < 1.29 is 23.4 Å². The summed E-state index contributed by atoms with van der Waals surface area (Å²) in [6, 6.07) is 4.87. The average Bonchev–Trinajstić information content (AvgIpc) is 2.48. The number of anilines is 1. The van der Waals surface area contributed by atoms with E-state index in [1.54, 1.807) is 0 Å². The lowest BCUT2D eigenvalue weighted by Crippen LogP contribution is -2.15. The van der Waals surface area contributed by atoms with Crippen LogP contribution in [0.15, 0.2) is 36.4 Å². The van der Waals surface area contributed by atoms with Crippen LogP contribution in [0, 0.1) is 31.9 Å². The van der Waals surface area contributed by atoms with Gasteiger partial charge in [0.15, 0.2) is 5.82 Å². The fourth-order valence-electron chi connectivity index (χ4n) is 1.71. The van der Waals surface area contributed by atoms with Gasteiger partial charge in [-0.25, -0.2) is 8.78 Å². The predicted octanol–water partition coefficient (Wildman–Crippen LogP) is 3.03. The highest BCUT2D eigenvalue weighted by Gasteiger charge is 2.18. The smallest absolute Gasteiger partial charge is 0.272 e. The number of hydrogen-bond acceptors (Lipinski definition) is 5. The molecule has 2 rings (SSSR count). The molecule has 0 atom stereocenters. The van der Waals surface area contributed by atoms with Crippen LogP contribution in [0.2, 0.25) is 0 Å². The maximum atomic E-state index is 13.7. The van der Waals surface area contributed by atoms with Crippen molar-refractivity contribution >= 4 is 23.0 Å². The lowest BCUT2D eigenvalue weighted by molar-refractivity contribution is -0.385. The van der Waals surface area contributed by atoms with Gasteiger partial charge in [0.05, 0.1) is 33.2 Å². The lowest BCUT2D eigenvalue weighted by Gasteiger charge is -2.07. The second-order valence-electron chi connectivity index (χ2n) is 4.30. The summed E-state index contributed by atoms with van der Waals surface area (Å²) in [5.74, 6) is -3.28. The van der Waals surface area contributed by atoms with E-state index in [2.05, 4.69) is 0 Å². The van der Waals surface area contributed by atoms with E-state index >= 15 is 0 Å². The van der Waals surface area contributed by atoms with Crippen molar-refractivity contribution in [1.29, 1.82) is 0 Å². The Bertz CT molecular complexity index is 825. The Kier molecular flexibility index (Phi) is 4.25. The predicted molar refractivity (Wildman–Crippen MR) is 74.1 cm³/mol. The number of amides is 1. The molecule has 23 heavy (non-hydrogen) atoms. The quantitative estimate of drug-likeness (QED) is 0.686. The van der Waals surface area contributed by atoms with Crippen molar-refractivity contribution in [2.45, 2.75) is 0 Å². The summed E-state index contributed by atoms with van der Waals surface area (Å²) in [5.41, 5.74) is -1.98. The van der Waals surface area contributed by atoms with Crippen LogP contribution in [0.4, 0.5) is 25.8 Å². The van der Waals surface area contributed by atoms with Crippen LogP contribution in [0.3, 0.4) is 0 Å². The largest absolute Gasteiger partial charge is 0.319 e. The van der Waals surface area contributed by atoms with Crippen LogP contribution in [-0.4, -0.2) is 15.8 Å². The second kappa shape index (κ2) is 6.13. The Morgan fingerprint density at radius 2 is 1.43 bits per heavy atom. The average molecular weight is 323 g/mol. The van der Waals surface area contributed by atoms with E-state index in [9.17, 15) is 33.8 Å². The van der Waals surface area contributed by atoms with Gasteiger partial charge < -0.3 is 5.32 Å². The number of nitrogens with zero attached hydrogens (tertiary/aromatic N) is 2. The number of nitro benzene ring substituents is 2. The molecule has 0 aromatic heterocycles. The number of nitrogens with one attached hydrogen (secondary N) is 1. The first-order chi connectivity index (χ1) is 10.8. The molecular weight excluding hydrogens is 316 g/mol. The molecule has 0 bridgehead atoms. The van der Waals surface area contributed by atoms with Gasteiger partial charge in [-0.3, -0.25) is 25.0 Å². The number of non-ortho nitro benzene ring substituents is 2. The molecule has 0 fully saturated rings. The summed E-state index contributed by atoms with van der Waals surface area (Å²) in [6.45, 7) is 0.